The topological polar surface area (TPSA) is 79.0 Å². The predicted octanol–water partition coefficient (Wildman–Crippen LogP) is 1.35. The minimum absolute atomic E-state index is 0.0217. The van der Waals surface area contributed by atoms with Gasteiger partial charge in [0.15, 0.2) is 0 Å². The predicted molar refractivity (Wildman–Crippen MR) is 88.4 cm³/mol. The molecule has 2 fully saturated rings. The van der Waals surface area contributed by atoms with Crippen molar-refractivity contribution in [1.82, 2.24) is 15.3 Å². The molecule has 2 saturated heterocycles. The summed E-state index contributed by atoms with van der Waals surface area (Å²) in [6.07, 6.45) is 4.26. The van der Waals surface area contributed by atoms with Crippen molar-refractivity contribution in [3.8, 4) is 0 Å². The summed E-state index contributed by atoms with van der Waals surface area (Å²) >= 11 is 0. The molecule has 134 valence electrons. The number of carbonyl (C=O) groups is 3. The highest BCUT2D eigenvalue weighted by molar-refractivity contribution is 5.82. The summed E-state index contributed by atoms with van der Waals surface area (Å²) in [6, 6.07) is 0.799. The zero-order valence-corrected chi connectivity index (χ0v) is 14.5. The molecule has 0 aromatic heterocycles. The molecule has 0 aromatic carbocycles. The van der Waals surface area contributed by atoms with E-state index in [-0.39, 0.29) is 24.8 Å². The van der Waals surface area contributed by atoms with E-state index >= 15 is 0 Å². The van der Waals surface area contributed by atoms with Crippen LogP contribution >= 0.6 is 0 Å². The minimum atomic E-state index is -0.550. The standard InChI is InChI=1S/C17H27N3O4/c1-12-5-4-6-13(2)19(12)11-15(21)18-10-9-17(23)24-20-14(3)7-8-16(20)22/h12-13H,3-11H2,1-2H3,(H,18,21)/t12-,13+/i1+1,12+1,13+1,19+1/m0/s1. The lowest BCUT2D eigenvalue weighted by molar-refractivity contribution is -0.186. The van der Waals surface area contributed by atoms with Crippen LogP contribution in [0.1, 0.15) is 52.4 Å². The highest BCUT2D eigenvalue weighted by Gasteiger charge is 2.28. The van der Waals surface area contributed by atoms with Crippen LogP contribution in [0.5, 0.6) is 0 Å². The number of allylic oxidation sites excluding steroid dienone is 1. The zero-order chi connectivity index (χ0) is 17.7. The number of nitrogens with zero attached hydrogens (tertiary/aromatic N) is 2. The van der Waals surface area contributed by atoms with Gasteiger partial charge < -0.3 is 10.2 Å². The molecule has 2 heterocycles. The van der Waals surface area contributed by atoms with E-state index in [0.717, 1.165) is 17.9 Å². The second-order valence-corrected chi connectivity index (χ2v) is 6.62. The molecule has 0 aliphatic carbocycles. The van der Waals surface area contributed by atoms with Gasteiger partial charge in [-0.05, 0) is 33.1 Å². The SMILES string of the molecule is C=C1CCC(=O)N1OC(=O)CCNC(=O)C[15N]1[13C@H](C)CCC[13C@@H]1[13CH3]. The van der Waals surface area contributed by atoms with Crippen molar-refractivity contribution in [3.63, 3.8) is 0 Å². The monoisotopic (exact) mass is 341 g/mol. The Morgan fingerprint density at radius 1 is 1.25 bits per heavy atom. The molecule has 2 aliphatic heterocycles. The molecule has 2 rings (SSSR count). The maximum Gasteiger partial charge on any atom is 0.334 e. The van der Waals surface area contributed by atoms with Crippen LogP contribution in [0.4, 0.5) is 0 Å². The summed E-state index contributed by atoms with van der Waals surface area (Å²) in [5.41, 5.74) is 0.491. The van der Waals surface area contributed by atoms with Crippen LogP contribution in [0.15, 0.2) is 12.3 Å². The summed E-state index contributed by atoms with van der Waals surface area (Å²) in [7, 11) is 0. The smallest absolute Gasteiger partial charge is 0.334 e. The highest BCUT2D eigenvalue weighted by Crippen LogP contribution is 2.22. The Bertz CT molecular complexity index is 494. The van der Waals surface area contributed by atoms with Crippen LogP contribution in [0, 0.1) is 0 Å². The first kappa shape index (κ1) is 18.4. The van der Waals surface area contributed by atoms with Crippen LogP contribution in [0.25, 0.3) is 0 Å². The van der Waals surface area contributed by atoms with Crippen LogP contribution in [-0.2, 0) is 19.2 Å². The Labute approximate surface area is 142 Å². The third-order valence-electron chi connectivity index (χ3n) is 4.69. The van der Waals surface area contributed by atoms with Crippen LogP contribution in [0.3, 0.4) is 0 Å². The second-order valence-electron chi connectivity index (χ2n) is 6.62. The van der Waals surface area contributed by atoms with Gasteiger partial charge in [-0.15, -0.1) is 5.06 Å². The van der Waals surface area contributed by atoms with E-state index in [2.05, 4.69) is 30.6 Å². The number of piperidine rings is 1. The van der Waals surface area contributed by atoms with Gasteiger partial charge in [-0.25, -0.2) is 4.79 Å². The molecular formula is C17H27N3O4. The maximum atomic E-state index is 12.0. The molecule has 2 amide bonds. The van der Waals surface area contributed by atoms with Crippen molar-refractivity contribution >= 4 is 17.8 Å². The lowest BCUT2D eigenvalue weighted by atomic mass is 10.3. The largest absolute Gasteiger partial charge is 0.354 e. The van der Waals surface area contributed by atoms with Crippen molar-refractivity contribution in [2.45, 2.75) is 64.5 Å². The molecule has 0 aromatic rings. The van der Waals surface area contributed by atoms with Gasteiger partial charge in [-0.2, -0.15) is 0 Å². The number of carbonyl (C=O) groups excluding carboxylic acids is 3. The van der Waals surface area contributed by atoms with E-state index in [1.165, 1.54) is 6.42 Å². The number of rotatable bonds is 6. The third kappa shape index (κ3) is 4.80. The minimum Gasteiger partial charge on any atom is -0.354 e. The fourth-order valence-corrected chi connectivity index (χ4v) is 3.21. The molecule has 0 bridgehead atoms. The Morgan fingerprint density at radius 3 is 2.50 bits per heavy atom. The fourth-order valence-electron chi connectivity index (χ4n) is 3.21. The number of hydroxylamine groups is 2. The van der Waals surface area contributed by atoms with Crippen molar-refractivity contribution in [3.05, 3.63) is 12.3 Å². The van der Waals surface area contributed by atoms with Gasteiger partial charge in [0.2, 0.25) is 5.91 Å². The van der Waals surface area contributed by atoms with E-state index in [4.69, 9.17) is 4.84 Å². The summed E-state index contributed by atoms with van der Waals surface area (Å²) in [5, 5.41) is 3.70. The summed E-state index contributed by atoms with van der Waals surface area (Å²) in [6.45, 7) is 8.50. The van der Waals surface area contributed by atoms with E-state index in [0.29, 0.717) is 37.2 Å². The highest BCUT2D eigenvalue weighted by atomic mass is 16.7. The average Bonchev–Trinajstić information content (AvgIpc) is 2.83. The molecule has 0 spiro atoms. The van der Waals surface area contributed by atoms with Crippen LogP contribution < -0.4 is 5.32 Å². The molecule has 7 heteroatoms. The van der Waals surface area contributed by atoms with Crippen molar-refractivity contribution in [2.75, 3.05) is 13.1 Å². The lowest BCUT2D eigenvalue weighted by Gasteiger charge is -2.38. The van der Waals surface area contributed by atoms with Gasteiger partial charge in [-0.3, -0.25) is 14.5 Å². The number of amides is 2. The molecule has 0 saturated carbocycles. The first-order chi connectivity index (χ1) is 11.4. The molecule has 1 N–H and O–H groups in total. The first-order valence-electron chi connectivity index (χ1n) is 8.62. The molecule has 24 heavy (non-hydrogen) atoms. The lowest BCUT2D eigenvalue weighted by Crippen LogP contribution is -2.48. The van der Waals surface area contributed by atoms with E-state index in [9.17, 15) is 14.4 Å². The van der Waals surface area contributed by atoms with Crippen molar-refractivity contribution in [1.29, 1.82) is 0 Å². The van der Waals surface area contributed by atoms with Gasteiger partial charge >= 0.3 is 5.97 Å². The summed E-state index contributed by atoms with van der Waals surface area (Å²) in [5.74, 6) is -0.901. The first-order valence-corrected chi connectivity index (χ1v) is 8.62. The Balaban J connectivity index is 1.67. The zero-order valence-electron chi connectivity index (χ0n) is 14.5. The van der Waals surface area contributed by atoms with Gasteiger partial charge in [0.25, 0.3) is 5.91 Å². The van der Waals surface area contributed by atoms with E-state index in [1.807, 2.05) is 0 Å². The van der Waals surface area contributed by atoms with Gasteiger partial charge in [0, 0.05) is 25.0 Å². The average molecular weight is 341 g/mol. The fraction of sp³-hybridized carbons (Fsp3) is 0.706. The summed E-state index contributed by atoms with van der Waals surface area (Å²) < 4.78 is 0. The van der Waals surface area contributed by atoms with Gasteiger partial charge in [-0.1, -0.05) is 13.0 Å². The summed E-state index contributed by atoms with van der Waals surface area (Å²) in [4.78, 5) is 42.5. The molecule has 0 radical (unpaired) electrons. The molecule has 2 atom stereocenters. The second kappa shape index (κ2) is 8.28. The van der Waals surface area contributed by atoms with Gasteiger partial charge in [0.05, 0.1) is 18.7 Å². The molecular weight excluding hydrogens is 314 g/mol. The van der Waals surface area contributed by atoms with E-state index < -0.39 is 5.97 Å². The Hall–Kier alpha value is -1.89. The number of nitrogens with one attached hydrogen (secondary N) is 1. The molecule has 0 unspecified atom stereocenters. The van der Waals surface area contributed by atoms with Crippen LogP contribution in [0.2, 0.25) is 0 Å². The number of hydrogen-bond donors (Lipinski definition) is 1. The Kier molecular flexibility index (Phi) is 6.36. The van der Waals surface area contributed by atoms with Gasteiger partial charge in [0.1, 0.15) is 0 Å². The van der Waals surface area contributed by atoms with Crippen LogP contribution in [-0.4, -0.2) is 52.9 Å². The quantitative estimate of drug-likeness (QED) is 0.583. The molecule has 7 nitrogen and oxygen atoms in total. The Morgan fingerprint density at radius 2 is 1.92 bits per heavy atom. The maximum absolute atomic E-state index is 12.0. The van der Waals surface area contributed by atoms with Crippen molar-refractivity contribution in [2.24, 2.45) is 0 Å². The van der Waals surface area contributed by atoms with Crippen molar-refractivity contribution < 1.29 is 19.2 Å². The third-order valence-corrected chi connectivity index (χ3v) is 4.69. The molecule has 2 aliphatic rings. The number of hydrogen-bond acceptors (Lipinski definition) is 5. The normalized spacial score (nSPS) is 25.0. The van der Waals surface area contributed by atoms with E-state index in [1.54, 1.807) is 0 Å². The number of likely N-dealkylation sites (tertiary alicyclic amines) is 1.